The van der Waals surface area contributed by atoms with Gasteiger partial charge in [0.25, 0.3) is 5.91 Å². The fourth-order valence-corrected chi connectivity index (χ4v) is 2.79. The van der Waals surface area contributed by atoms with Crippen LogP contribution < -0.4 is 20.1 Å². The molecule has 2 aromatic carbocycles. The van der Waals surface area contributed by atoms with E-state index in [0.29, 0.717) is 49.6 Å². The Kier molecular flexibility index (Phi) is 8.34. The van der Waals surface area contributed by atoms with Gasteiger partial charge in [-0.15, -0.1) is 0 Å². The van der Waals surface area contributed by atoms with E-state index in [2.05, 4.69) is 10.6 Å². The number of rotatable bonds is 10. The lowest BCUT2D eigenvalue weighted by atomic mass is 10.1. The Morgan fingerprint density at radius 3 is 2.46 bits per heavy atom. The topological polar surface area (TPSA) is 76.7 Å². The van der Waals surface area contributed by atoms with Crippen LogP contribution in [0.4, 0.5) is 0 Å². The molecule has 6 nitrogen and oxygen atoms in total. The van der Waals surface area contributed by atoms with Crippen LogP contribution >= 0.6 is 0 Å². The standard InChI is InChI=1S/C22H28N2O4/c1-4-28-19-11-9-17(15-20(19)27-3)10-12-21(25)23-13-14-24-22(26)18-8-6-5-7-16(18)2/h5-9,11,15H,4,10,12-14H2,1-3H3,(H,23,25)(H,24,26). The molecule has 2 aromatic rings. The molecule has 0 heterocycles. The third kappa shape index (κ3) is 6.30. The van der Waals surface area contributed by atoms with E-state index in [0.717, 1.165) is 11.1 Å². The quantitative estimate of drug-likeness (QED) is 0.618. The Hall–Kier alpha value is -3.02. The first-order chi connectivity index (χ1) is 13.5. The summed E-state index contributed by atoms with van der Waals surface area (Å²) in [7, 11) is 1.60. The van der Waals surface area contributed by atoms with E-state index in [9.17, 15) is 9.59 Å². The van der Waals surface area contributed by atoms with Crippen molar-refractivity contribution in [1.29, 1.82) is 0 Å². The summed E-state index contributed by atoms with van der Waals surface area (Å²) in [6.07, 6.45) is 0.965. The zero-order chi connectivity index (χ0) is 20.4. The number of methoxy groups -OCH3 is 1. The number of amides is 2. The molecule has 0 spiro atoms. The number of hydrogen-bond acceptors (Lipinski definition) is 4. The Labute approximate surface area is 166 Å². The largest absolute Gasteiger partial charge is 0.493 e. The summed E-state index contributed by atoms with van der Waals surface area (Å²) in [6, 6.07) is 13.1. The van der Waals surface area contributed by atoms with Crippen LogP contribution in [0.3, 0.4) is 0 Å². The molecule has 2 N–H and O–H groups in total. The van der Waals surface area contributed by atoms with Crippen LogP contribution in [0.15, 0.2) is 42.5 Å². The van der Waals surface area contributed by atoms with E-state index < -0.39 is 0 Å². The van der Waals surface area contributed by atoms with Crippen LogP contribution in [0, 0.1) is 6.92 Å². The van der Waals surface area contributed by atoms with E-state index in [-0.39, 0.29) is 11.8 Å². The van der Waals surface area contributed by atoms with Gasteiger partial charge in [-0.05, 0) is 49.6 Å². The van der Waals surface area contributed by atoms with Crippen LogP contribution in [0.1, 0.15) is 34.8 Å². The second-order valence-electron chi connectivity index (χ2n) is 6.34. The van der Waals surface area contributed by atoms with Gasteiger partial charge in [0.05, 0.1) is 13.7 Å². The predicted molar refractivity (Wildman–Crippen MR) is 109 cm³/mol. The third-order valence-electron chi connectivity index (χ3n) is 4.29. The van der Waals surface area contributed by atoms with Crippen molar-refractivity contribution in [2.24, 2.45) is 0 Å². The van der Waals surface area contributed by atoms with Gasteiger partial charge in [0, 0.05) is 25.1 Å². The Morgan fingerprint density at radius 1 is 1.00 bits per heavy atom. The van der Waals surface area contributed by atoms with E-state index in [1.54, 1.807) is 13.2 Å². The second-order valence-corrected chi connectivity index (χ2v) is 6.34. The summed E-state index contributed by atoms with van der Waals surface area (Å²) in [6.45, 7) is 5.16. The lowest BCUT2D eigenvalue weighted by Gasteiger charge is -2.11. The maximum atomic E-state index is 12.1. The molecule has 0 radical (unpaired) electrons. The zero-order valence-corrected chi connectivity index (χ0v) is 16.7. The molecule has 0 saturated carbocycles. The zero-order valence-electron chi connectivity index (χ0n) is 16.7. The summed E-state index contributed by atoms with van der Waals surface area (Å²) in [5.41, 5.74) is 2.58. The maximum absolute atomic E-state index is 12.1. The normalized spacial score (nSPS) is 10.2. The molecule has 0 bridgehead atoms. The van der Waals surface area contributed by atoms with Gasteiger partial charge in [0.2, 0.25) is 5.91 Å². The van der Waals surface area contributed by atoms with E-state index in [1.807, 2.05) is 50.2 Å². The highest BCUT2D eigenvalue weighted by molar-refractivity contribution is 5.95. The van der Waals surface area contributed by atoms with Crippen molar-refractivity contribution in [3.63, 3.8) is 0 Å². The van der Waals surface area contributed by atoms with Gasteiger partial charge in [-0.25, -0.2) is 0 Å². The van der Waals surface area contributed by atoms with Gasteiger partial charge in [-0.2, -0.15) is 0 Å². The molecule has 0 atom stereocenters. The molecule has 2 amide bonds. The lowest BCUT2D eigenvalue weighted by Crippen LogP contribution is -2.35. The highest BCUT2D eigenvalue weighted by Crippen LogP contribution is 2.28. The van der Waals surface area contributed by atoms with Crippen molar-refractivity contribution < 1.29 is 19.1 Å². The minimum atomic E-state index is -0.131. The summed E-state index contributed by atoms with van der Waals surface area (Å²) in [5, 5.41) is 5.64. The summed E-state index contributed by atoms with van der Waals surface area (Å²) in [4.78, 5) is 24.1. The molecule has 150 valence electrons. The molecule has 6 heteroatoms. The molecule has 0 aliphatic carbocycles. The van der Waals surface area contributed by atoms with Crippen LogP contribution in [-0.2, 0) is 11.2 Å². The number of aryl methyl sites for hydroxylation is 2. The predicted octanol–water partition coefficient (Wildman–Crippen LogP) is 2.88. The monoisotopic (exact) mass is 384 g/mol. The maximum Gasteiger partial charge on any atom is 0.251 e. The molecule has 28 heavy (non-hydrogen) atoms. The Morgan fingerprint density at radius 2 is 1.75 bits per heavy atom. The number of nitrogens with one attached hydrogen (secondary N) is 2. The van der Waals surface area contributed by atoms with Crippen molar-refractivity contribution in [3.05, 3.63) is 59.2 Å². The third-order valence-corrected chi connectivity index (χ3v) is 4.29. The van der Waals surface area contributed by atoms with Crippen LogP contribution in [0.5, 0.6) is 11.5 Å². The second kappa shape index (κ2) is 11.0. The van der Waals surface area contributed by atoms with Gasteiger partial charge < -0.3 is 20.1 Å². The van der Waals surface area contributed by atoms with Crippen LogP contribution in [-0.4, -0.2) is 38.6 Å². The number of benzene rings is 2. The van der Waals surface area contributed by atoms with Gasteiger partial charge in [-0.3, -0.25) is 9.59 Å². The first-order valence-electron chi connectivity index (χ1n) is 9.45. The highest BCUT2D eigenvalue weighted by atomic mass is 16.5. The molecule has 0 aliphatic heterocycles. The van der Waals surface area contributed by atoms with E-state index >= 15 is 0 Å². The molecule has 0 unspecified atom stereocenters. The average molecular weight is 384 g/mol. The molecule has 0 saturated heterocycles. The number of carbonyl (C=O) groups is 2. The minimum absolute atomic E-state index is 0.0574. The van der Waals surface area contributed by atoms with Crippen LogP contribution in [0.2, 0.25) is 0 Å². The van der Waals surface area contributed by atoms with Gasteiger partial charge in [0.15, 0.2) is 11.5 Å². The molecular formula is C22H28N2O4. The van der Waals surface area contributed by atoms with Crippen molar-refractivity contribution >= 4 is 11.8 Å². The van der Waals surface area contributed by atoms with E-state index in [1.165, 1.54) is 0 Å². The van der Waals surface area contributed by atoms with Crippen LogP contribution in [0.25, 0.3) is 0 Å². The summed E-state index contributed by atoms with van der Waals surface area (Å²) >= 11 is 0. The lowest BCUT2D eigenvalue weighted by molar-refractivity contribution is -0.121. The highest BCUT2D eigenvalue weighted by Gasteiger charge is 2.09. The summed E-state index contributed by atoms with van der Waals surface area (Å²) in [5.74, 6) is 1.17. The smallest absolute Gasteiger partial charge is 0.251 e. The fourth-order valence-electron chi connectivity index (χ4n) is 2.79. The molecule has 2 rings (SSSR count). The average Bonchev–Trinajstić information content (AvgIpc) is 2.70. The first-order valence-corrected chi connectivity index (χ1v) is 9.45. The van der Waals surface area contributed by atoms with Gasteiger partial charge >= 0.3 is 0 Å². The summed E-state index contributed by atoms with van der Waals surface area (Å²) < 4.78 is 10.8. The molecule has 0 aliphatic rings. The Bertz CT molecular complexity index is 805. The first kappa shape index (κ1) is 21.3. The fraction of sp³-hybridized carbons (Fsp3) is 0.364. The van der Waals surface area contributed by atoms with Crippen molar-refractivity contribution in [3.8, 4) is 11.5 Å². The van der Waals surface area contributed by atoms with E-state index in [4.69, 9.17) is 9.47 Å². The number of carbonyl (C=O) groups excluding carboxylic acids is 2. The van der Waals surface area contributed by atoms with Crippen molar-refractivity contribution in [2.75, 3.05) is 26.8 Å². The molecule has 0 fully saturated rings. The molecular weight excluding hydrogens is 356 g/mol. The van der Waals surface area contributed by atoms with Crippen molar-refractivity contribution in [1.82, 2.24) is 10.6 Å². The number of hydrogen-bond donors (Lipinski definition) is 2. The minimum Gasteiger partial charge on any atom is -0.493 e. The number of ether oxygens (including phenoxy) is 2. The van der Waals surface area contributed by atoms with Gasteiger partial charge in [0.1, 0.15) is 0 Å². The SMILES string of the molecule is CCOc1ccc(CCC(=O)NCCNC(=O)c2ccccc2C)cc1OC. The van der Waals surface area contributed by atoms with Gasteiger partial charge in [-0.1, -0.05) is 24.3 Å². The van der Waals surface area contributed by atoms with Crippen molar-refractivity contribution in [2.45, 2.75) is 26.7 Å². The Balaban J connectivity index is 1.71. The molecule has 0 aromatic heterocycles.